The van der Waals surface area contributed by atoms with Crippen molar-refractivity contribution in [2.75, 3.05) is 13.7 Å². The van der Waals surface area contributed by atoms with Crippen molar-refractivity contribution in [1.82, 2.24) is 5.32 Å². The van der Waals surface area contributed by atoms with E-state index in [2.05, 4.69) is 36.3 Å². The molecule has 0 spiro atoms. The van der Waals surface area contributed by atoms with Crippen molar-refractivity contribution in [3.63, 3.8) is 0 Å². The normalized spacial score (nSPS) is 18.4. The molecule has 0 amide bonds. The standard InChI is InChI=1S/C16H25N3O/c1-4-12(2)19-15(17)18-11-16(9-10-16)13-7-5-6-8-14(13)20-3/h5-8,12H,4,9-11H2,1-3H3,(H3,17,18,19). The summed E-state index contributed by atoms with van der Waals surface area (Å²) in [4.78, 5) is 4.53. The van der Waals surface area contributed by atoms with Gasteiger partial charge in [-0.1, -0.05) is 25.1 Å². The number of ether oxygens (including phenoxy) is 1. The molecule has 1 aromatic carbocycles. The minimum absolute atomic E-state index is 0.119. The molecule has 2 rings (SSSR count). The van der Waals surface area contributed by atoms with Gasteiger partial charge in [0.15, 0.2) is 5.96 Å². The van der Waals surface area contributed by atoms with Crippen LogP contribution < -0.4 is 15.8 Å². The van der Waals surface area contributed by atoms with Gasteiger partial charge in [-0.15, -0.1) is 0 Å². The molecule has 0 saturated heterocycles. The Morgan fingerprint density at radius 1 is 1.45 bits per heavy atom. The number of methoxy groups -OCH3 is 1. The molecule has 1 unspecified atom stereocenters. The maximum Gasteiger partial charge on any atom is 0.188 e. The number of nitrogens with one attached hydrogen (secondary N) is 1. The Balaban J connectivity index is 2.07. The summed E-state index contributed by atoms with van der Waals surface area (Å²) in [6.07, 6.45) is 3.33. The van der Waals surface area contributed by atoms with Crippen LogP contribution in [0.15, 0.2) is 29.3 Å². The van der Waals surface area contributed by atoms with E-state index in [1.165, 1.54) is 5.56 Å². The van der Waals surface area contributed by atoms with Gasteiger partial charge in [-0.2, -0.15) is 0 Å². The van der Waals surface area contributed by atoms with E-state index in [-0.39, 0.29) is 5.41 Å². The van der Waals surface area contributed by atoms with Gasteiger partial charge in [-0.3, -0.25) is 4.99 Å². The second-order valence-corrected chi connectivity index (χ2v) is 5.64. The fourth-order valence-corrected chi connectivity index (χ4v) is 2.38. The van der Waals surface area contributed by atoms with Crippen molar-refractivity contribution < 1.29 is 4.74 Å². The second-order valence-electron chi connectivity index (χ2n) is 5.64. The van der Waals surface area contributed by atoms with E-state index in [9.17, 15) is 0 Å². The summed E-state index contributed by atoms with van der Waals surface area (Å²) in [6.45, 7) is 4.96. The van der Waals surface area contributed by atoms with Crippen molar-refractivity contribution in [3.8, 4) is 5.75 Å². The quantitative estimate of drug-likeness (QED) is 0.619. The lowest BCUT2D eigenvalue weighted by Crippen LogP contribution is -2.38. The molecule has 0 heterocycles. The molecule has 20 heavy (non-hydrogen) atoms. The van der Waals surface area contributed by atoms with Crippen LogP contribution in [0.4, 0.5) is 0 Å². The van der Waals surface area contributed by atoms with E-state index in [0.717, 1.165) is 31.6 Å². The monoisotopic (exact) mass is 275 g/mol. The average Bonchev–Trinajstić information content (AvgIpc) is 3.26. The number of nitrogens with zero attached hydrogens (tertiary/aromatic N) is 1. The first-order chi connectivity index (χ1) is 9.61. The van der Waals surface area contributed by atoms with Gasteiger partial charge in [0.25, 0.3) is 0 Å². The Hall–Kier alpha value is -1.71. The van der Waals surface area contributed by atoms with Crippen LogP contribution in [-0.4, -0.2) is 25.7 Å². The first-order valence-electron chi connectivity index (χ1n) is 7.31. The number of hydrogen-bond acceptors (Lipinski definition) is 2. The first kappa shape index (κ1) is 14.7. The minimum atomic E-state index is 0.119. The molecular formula is C16H25N3O. The van der Waals surface area contributed by atoms with Crippen LogP contribution in [0.3, 0.4) is 0 Å². The van der Waals surface area contributed by atoms with Gasteiger partial charge in [0.2, 0.25) is 0 Å². The van der Waals surface area contributed by atoms with Crippen LogP contribution in [0.2, 0.25) is 0 Å². The average molecular weight is 275 g/mol. The first-order valence-corrected chi connectivity index (χ1v) is 7.31. The number of para-hydroxylation sites is 1. The van der Waals surface area contributed by atoms with E-state index in [1.807, 2.05) is 12.1 Å². The largest absolute Gasteiger partial charge is 0.496 e. The summed E-state index contributed by atoms with van der Waals surface area (Å²) in [6, 6.07) is 8.57. The summed E-state index contributed by atoms with van der Waals surface area (Å²) in [5, 5.41) is 3.21. The van der Waals surface area contributed by atoms with Gasteiger partial charge < -0.3 is 15.8 Å². The number of rotatable bonds is 6. The van der Waals surface area contributed by atoms with Gasteiger partial charge >= 0.3 is 0 Å². The fourth-order valence-electron chi connectivity index (χ4n) is 2.38. The molecule has 1 aromatic rings. The van der Waals surface area contributed by atoms with E-state index in [4.69, 9.17) is 10.5 Å². The molecule has 0 aliphatic heterocycles. The van der Waals surface area contributed by atoms with Gasteiger partial charge in [0.1, 0.15) is 5.75 Å². The lowest BCUT2D eigenvalue weighted by molar-refractivity contribution is 0.404. The van der Waals surface area contributed by atoms with E-state index in [1.54, 1.807) is 7.11 Å². The van der Waals surface area contributed by atoms with Crippen LogP contribution in [0.25, 0.3) is 0 Å². The second kappa shape index (κ2) is 6.16. The fraction of sp³-hybridized carbons (Fsp3) is 0.562. The molecular weight excluding hydrogens is 250 g/mol. The maximum atomic E-state index is 5.94. The van der Waals surface area contributed by atoms with Crippen molar-refractivity contribution in [1.29, 1.82) is 0 Å². The lowest BCUT2D eigenvalue weighted by atomic mass is 9.95. The topological polar surface area (TPSA) is 59.6 Å². The third kappa shape index (κ3) is 3.24. The highest BCUT2D eigenvalue weighted by Gasteiger charge is 2.45. The summed E-state index contributed by atoms with van der Waals surface area (Å²) in [5.41, 5.74) is 7.31. The summed E-state index contributed by atoms with van der Waals surface area (Å²) in [7, 11) is 1.72. The Labute approximate surface area is 121 Å². The molecule has 0 aromatic heterocycles. The third-order valence-corrected chi connectivity index (χ3v) is 4.09. The zero-order valence-corrected chi connectivity index (χ0v) is 12.6. The Morgan fingerprint density at radius 3 is 2.75 bits per heavy atom. The number of aliphatic imine (C=N–C) groups is 1. The van der Waals surface area contributed by atoms with Crippen LogP contribution in [0.1, 0.15) is 38.7 Å². The van der Waals surface area contributed by atoms with Gasteiger partial charge in [-0.05, 0) is 32.3 Å². The van der Waals surface area contributed by atoms with Crippen LogP contribution >= 0.6 is 0 Å². The number of guanidine groups is 1. The van der Waals surface area contributed by atoms with Crippen molar-refractivity contribution >= 4 is 5.96 Å². The van der Waals surface area contributed by atoms with Crippen molar-refractivity contribution in [2.24, 2.45) is 10.7 Å². The maximum absolute atomic E-state index is 5.94. The highest BCUT2D eigenvalue weighted by atomic mass is 16.5. The van der Waals surface area contributed by atoms with E-state index in [0.29, 0.717) is 12.0 Å². The highest BCUT2D eigenvalue weighted by Crippen LogP contribution is 2.51. The number of hydrogen-bond donors (Lipinski definition) is 2. The summed E-state index contributed by atoms with van der Waals surface area (Å²) >= 11 is 0. The molecule has 1 aliphatic carbocycles. The van der Waals surface area contributed by atoms with Crippen LogP contribution in [-0.2, 0) is 5.41 Å². The Morgan fingerprint density at radius 2 is 2.15 bits per heavy atom. The lowest BCUT2D eigenvalue weighted by Gasteiger charge is -2.18. The molecule has 1 fully saturated rings. The number of nitrogens with two attached hydrogens (primary N) is 1. The van der Waals surface area contributed by atoms with Crippen molar-refractivity contribution in [2.45, 2.75) is 44.6 Å². The zero-order chi connectivity index (χ0) is 14.6. The van der Waals surface area contributed by atoms with Gasteiger partial charge in [-0.25, -0.2) is 0 Å². The molecule has 3 N–H and O–H groups in total. The molecule has 1 saturated carbocycles. The molecule has 4 nitrogen and oxygen atoms in total. The summed E-state index contributed by atoms with van der Waals surface area (Å²) < 4.78 is 5.47. The molecule has 110 valence electrons. The van der Waals surface area contributed by atoms with Gasteiger partial charge in [0, 0.05) is 17.0 Å². The predicted molar refractivity (Wildman–Crippen MR) is 83.3 cm³/mol. The van der Waals surface area contributed by atoms with E-state index < -0.39 is 0 Å². The molecule has 0 bridgehead atoms. The minimum Gasteiger partial charge on any atom is -0.496 e. The van der Waals surface area contributed by atoms with Crippen molar-refractivity contribution in [3.05, 3.63) is 29.8 Å². The van der Waals surface area contributed by atoms with E-state index >= 15 is 0 Å². The predicted octanol–water partition coefficient (Wildman–Crippen LogP) is 2.43. The summed E-state index contributed by atoms with van der Waals surface area (Å²) in [5.74, 6) is 1.49. The Kier molecular flexibility index (Phi) is 4.53. The smallest absolute Gasteiger partial charge is 0.188 e. The number of benzene rings is 1. The van der Waals surface area contributed by atoms with Gasteiger partial charge in [0.05, 0.1) is 13.7 Å². The Bertz CT molecular complexity index is 480. The molecule has 0 radical (unpaired) electrons. The van der Waals surface area contributed by atoms with Crippen LogP contribution in [0, 0.1) is 0 Å². The SMILES string of the molecule is CCC(C)NC(N)=NCC1(c2ccccc2OC)CC1. The zero-order valence-electron chi connectivity index (χ0n) is 12.6. The highest BCUT2D eigenvalue weighted by molar-refractivity contribution is 5.78. The van der Waals surface area contributed by atoms with Crippen LogP contribution in [0.5, 0.6) is 5.75 Å². The molecule has 4 heteroatoms. The molecule has 1 atom stereocenters. The third-order valence-electron chi connectivity index (χ3n) is 4.09. The molecule has 1 aliphatic rings.